The Labute approximate surface area is 175 Å². The van der Waals surface area contributed by atoms with Gasteiger partial charge in [-0.3, -0.25) is 4.79 Å². The highest BCUT2D eigenvalue weighted by Crippen LogP contribution is 2.29. The summed E-state index contributed by atoms with van der Waals surface area (Å²) in [5.74, 6) is 0.714. The van der Waals surface area contributed by atoms with Gasteiger partial charge in [-0.25, -0.2) is 8.42 Å². The number of carbonyl (C=O) groups is 1. The fourth-order valence-corrected chi connectivity index (χ4v) is 4.97. The molecule has 0 radical (unpaired) electrons. The number of anilines is 1. The van der Waals surface area contributed by atoms with Crippen LogP contribution in [0.4, 0.5) is 5.69 Å². The molecule has 1 amide bonds. The number of halogens is 1. The molecule has 1 aliphatic heterocycles. The standard InChI is InChI=1S/C20H23ClN2O5S/c1-27-16-4-6-17(7-5-16)29(25,26)23-11-9-14(10-12-23)20(24)22-15-3-8-19(28-2)18(21)13-15/h3-8,13-14H,9-12H2,1-2H3,(H,22,24). The first-order chi connectivity index (χ1) is 13.8. The number of nitrogens with one attached hydrogen (secondary N) is 1. The maximum absolute atomic E-state index is 12.8. The molecular formula is C20H23ClN2O5S. The molecule has 3 rings (SSSR count). The summed E-state index contributed by atoms with van der Waals surface area (Å²) in [6.07, 6.45) is 0.899. The number of methoxy groups -OCH3 is 2. The van der Waals surface area contributed by atoms with Crippen LogP contribution in [0.3, 0.4) is 0 Å². The lowest BCUT2D eigenvalue weighted by molar-refractivity contribution is -0.120. The van der Waals surface area contributed by atoms with E-state index in [1.165, 1.54) is 30.7 Å². The van der Waals surface area contributed by atoms with E-state index in [0.29, 0.717) is 35.1 Å². The van der Waals surface area contributed by atoms with Crippen molar-refractivity contribution in [3.63, 3.8) is 0 Å². The van der Waals surface area contributed by atoms with Crippen LogP contribution in [0.15, 0.2) is 47.4 Å². The third-order valence-corrected chi connectivity index (χ3v) is 7.15. The van der Waals surface area contributed by atoms with E-state index in [0.717, 1.165) is 0 Å². The van der Waals surface area contributed by atoms with E-state index in [2.05, 4.69) is 5.32 Å². The fourth-order valence-electron chi connectivity index (χ4n) is 3.24. The minimum absolute atomic E-state index is 0.146. The fraction of sp³-hybridized carbons (Fsp3) is 0.350. The Morgan fingerprint density at radius 1 is 1.07 bits per heavy atom. The highest BCUT2D eigenvalue weighted by Gasteiger charge is 2.32. The highest BCUT2D eigenvalue weighted by molar-refractivity contribution is 7.89. The van der Waals surface area contributed by atoms with Crippen LogP contribution in [-0.4, -0.2) is 45.9 Å². The maximum atomic E-state index is 12.8. The van der Waals surface area contributed by atoms with Gasteiger partial charge in [-0.15, -0.1) is 0 Å². The Hall–Kier alpha value is -2.29. The van der Waals surface area contributed by atoms with Crippen molar-refractivity contribution in [1.29, 1.82) is 0 Å². The zero-order chi connectivity index (χ0) is 21.0. The van der Waals surface area contributed by atoms with Crippen molar-refractivity contribution in [1.82, 2.24) is 4.31 Å². The quantitative estimate of drug-likeness (QED) is 0.747. The van der Waals surface area contributed by atoms with Gasteiger partial charge in [0.2, 0.25) is 15.9 Å². The molecule has 0 aliphatic carbocycles. The van der Waals surface area contributed by atoms with Crippen LogP contribution in [0.2, 0.25) is 5.02 Å². The normalized spacial score (nSPS) is 15.7. The molecule has 0 bridgehead atoms. The molecular weight excluding hydrogens is 416 g/mol. The van der Waals surface area contributed by atoms with Crippen LogP contribution in [0.5, 0.6) is 11.5 Å². The number of hydrogen-bond acceptors (Lipinski definition) is 5. The molecule has 0 spiro atoms. The van der Waals surface area contributed by atoms with Crippen molar-refractivity contribution in [3.05, 3.63) is 47.5 Å². The number of benzene rings is 2. The topological polar surface area (TPSA) is 84.9 Å². The van der Waals surface area contributed by atoms with Gasteiger partial charge in [0, 0.05) is 24.7 Å². The maximum Gasteiger partial charge on any atom is 0.243 e. The molecule has 29 heavy (non-hydrogen) atoms. The van der Waals surface area contributed by atoms with Crippen LogP contribution < -0.4 is 14.8 Å². The van der Waals surface area contributed by atoms with E-state index >= 15 is 0 Å². The summed E-state index contributed by atoms with van der Waals surface area (Å²) in [6.45, 7) is 0.575. The van der Waals surface area contributed by atoms with Crippen LogP contribution in [0.25, 0.3) is 0 Å². The summed E-state index contributed by atoms with van der Waals surface area (Å²) in [5.41, 5.74) is 0.578. The molecule has 156 valence electrons. The molecule has 2 aromatic carbocycles. The third-order valence-electron chi connectivity index (χ3n) is 4.94. The van der Waals surface area contributed by atoms with Gasteiger partial charge < -0.3 is 14.8 Å². The molecule has 0 unspecified atom stereocenters. The number of piperidine rings is 1. The lowest BCUT2D eigenvalue weighted by Gasteiger charge is -2.30. The van der Waals surface area contributed by atoms with Crippen molar-refractivity contribution < 1.29 is 22.7 Å². The first-order valence-corrected chi connectivity index (χ1v) is 11.0. The zero-order valence-corrected chi connectivity index (χ0v) is 17.8. The Balaban J connectivity index is 1.60. The molecule has 0 aromatic heterocycles. The summed E-state index contributed by atoms with van der Waals surface area (Å²) >= 11 is 6.09. The first-order valence-electron chi connectivity index (χ1n) is 9.13. The van der Waals surface area contributed by atoms with E-state index in [-0.39, 0.29) is 29.8 Å². The van der Waals surface area contributed by atoms with Gasteiger partial charge in [-0.1, -0.05) is 11.6 Å². The molecule has 0 saturated carbocycles. The van der Waals surface area contributed by atoms with Crippen LogP contribution in [0, 0.1) is 5.92 Å². The van der Waals surface area contributed by atoms with E-state index in [9.17, 15) is 13.2 Å². The van der Waals surface area contributed by atoms with Crippen molar-refractivity contribution >= 4 is 33.2 Å². The number of rotatable bonds is 6. The largest absolute Gasteiger partial charge is 0.497 e. The predicted octanol–water partition coefficient (Wildman–Crippen LogP) is 3.40. The lowest BCUT2D eigenvalue weighted by Crippen LogP contribution is -2.41. The Morgan fingerprint density at radius 2 is 1.72 bits per heavy atom. The van der Waals surface area contributed by atoms with E-state index in [1.807, 2.05) is 0 Å². The van der Waals surface area contributed by atoms with Crippen molar-refractivity contribution in [2.24, 2.45) is 5.92 Å². The second kappa shape index (κ2) is 9.02. The van der Waals surface area contributed by atoms with Crippen molar-refractivity contribution in [2.75, 3.05) is 32.6 Å². The van der Waals surface area contributed by atoms with Gasteiger partial charge in [0.1, 0.15) is 11.5 Å². The molecule has 1 saturated heterocycles. The summed E-state index contributed by atoms with van der Waals surface area (Å²) in [5, 5.41) is 3.25. The van der Waals surface area contributed by atoms with Gasteiger partial charge in [-0.2, -0.15) is 4.31 Å². The monoisotopic (exact) mass is 438 g/mol. The minimum atomic E-state index is -3.59. The van der Waals surface area contributed by atoms with Crippen LogP contribution in [-0.2, 0) is 14.8 Å². The van der Waals surface area contributed by atoms with Gasteiger partial charge in [0.25, 0.3) is 0 Å². The average Bonchev–Trinajstić information content (AvgIpc) is 2.74. The summed E-state index contributed by atoms with van der Waals surface area (Å²) in [6, 6.07) is 11.3. The summed E-state index contributed by atoms with van der Waals surface area (Å²) in [4.78, 5) is 12.8. The van der Waals surface area contributed by atoms with Gasteiger partial charge in [-0.05, 0) is 55.3 Å². The second-order valence-electron chi connectivity index (χ2n) is 6.69. The number of ether oxygens (including phenoxy) is 2. The van der Waals surface area contributed by atoms with E-state index in [1.54, 1.807) is 30.3 Å². The number of hydrogen-bond donors (Lipinski definition) is 1. The van der Waals surface area contributed by atoms with Gasteiger partial charge in [0.05, 0.1) is 24.1 Å². The number of nitrogens with zero attached hydrogens (tertiary/aromatic N) is 1. The highest BCUT2D eigenvalue weighted by atomic mass is 35.5. The van der Waals surface area contributed by atoms with Crippen molar-refractivity contribution in [3.8, 4) is 11.5 Å². The first kappa shape index (κ1) is 21.4. The van der Waals surface area contributed by atoms with Gasteiger partial charge >= 0.3 is 0 Å². The zero-order valence-electron chi connectivity index (χ0n) is 16.2. The average molecular weight is 439 g/mol. The van der Waals surface area contributed by atoms with Gasteiger partial charge in [0.15, 0.2) is 0 Å². The number of carbonyl (C=O) groups excluding carboxylic acids is 1. The molecule has 1 heterocycles. The number of sulfonamides is 1. The molecule has 0 atom stereocenters. The molecule has 1 aliphatic rings. The summed E-state index contributed by atoms with van der Waals surface area (Å²) in [7, 11) is -0.546. The predicted molar refractivity (Wildman–Crippen MR) is 111 cm³/mol. The Bertz CT molecular complexity index is 971. The number of amides is 1. The molecule has 9 heteroatoms. The Morgan fingerprint density at radius 3 is 2.28 bits per heavy atom. The second-order valence-corrected chi connectivity index (χ2v) is 9.04. The molecule has 1 N–H and O–H groups in total. The van der Waals surface area contributed by atoms with E-state index < -0.39 is 10.0 Å². The SMILES string of the molecule is COc1ccc(S(=O)(=O)N2CCC(C(=O)Nc3ccc(OC)c(Cl)c3)CC2)cc1. The molecule has 7 nitrogen and oxygen atoms in total. The van der Waals surface area contributed by atoms with Crippen LogP contribution in [0.1, 0.15) is 12.8 Å². The third kappa shape index (κ3) is 4.83. The van der Waals surface area contributed by atoms with Crippen LogP contribution >= 0.6 is 11.6 Å². The molecule has 1 fully saturated rings. The lowest BCUT2D eigenvalue weighted by atomic mass is 9.97. The van der Waals surface area contributed by atoms with E-state index in [4.69, 9.17) is 21.1 Å². The summed E-state index contributed by atoms with van der Waals surface area (Å²) < 4.78 is 37.2. The minimum Gasteiger partial charge on any atom is -0.497 e. The Kier molecular flexibility index (Phi) is 6.66. The smallest absolute Gasteiger partial charge is 0.243 e. The van der Waals surface area contributed by atoms with Crippen molar-refractivity contribution in [2.45, 2.75) is 17.7 Å². The molecule has 2 aromatic rings.